The van der Waals surface area contributed by atoms with E-state index < -0.39 is 36.4 Å². The lowest BCUT2D eigenvalue weighted by atomic mass is 10.1. The molecule has 0 aromatic heterocycles. The number of methoxy groups -OCH3 is 1. The Labute approximate surface area is 139 Å². The van der Waals surface area contributed by atoms with Crippen molar-refractivity contribution in [1.29, 1.82) is 0 Å². The number of ether oxygens (including phenoxy) is 1. The van der Waals surface area contributed by atoms with Crippen LogP contribution in [0, 0.1) is 5.92 Å². The van der Waals surface area contributed by atoms with Gasteiger partial charge in [0.15, 0.2) is 0 Å². The molecule has 1 heterocycles. The number of nitrogens with one attached hydrogen (secondary N) is 2. The maximum atomic E-state index is 12.2. The summed E-state index contributed by atoms with van der Waals surface area (Å²) in [5.41, 5.74) is 0.437. The fourth-order valence-corrected chi connectivity index (χ4v) is 2.36. The van der Waals surface area contributed by atoms with Gasteiger partial charge in [-0.3, -0.25) is 14.5 Å². The molecule has 1 unspecified atom stereocenters. The second-order valence-electron chi connectivity index (χ2n) is 5.68. The van der Waals surface area contributed by atoms with Crippen molar-refractivity contribution in [3.63, 3.8) is 0 Å². The van der Waals surface area contributed by atoms with Crippen molar-refractivity contribution < 1.29 is 23.9 Å². The van der Waals surface area contributed by atoms with Crippen LogP contribution < -0.4 is 10.6 Å². The second kappa shape index (κ2) is 7.12. The summed E-state index contributed by atoms with van der Waals surface area (Å²) in [6, 6.07) is 5.08. The first-order valence-electron chi connectivity index (χ1n) is 7.44. The minimum Gasteiger partial charge on any atom is -0.465 e. The highest BCUT2D eigenvalue weighted by Gasteiger charge is 2.40. The minimum atomic E-state index is -0.632. The van der Waals surface area contributed by atoms with Gasteiger partial charge in [0.2, 0.25) is 5.91 Å². The lowest BCUT2D eigenvalue weighted by Crippen LogP contribution is -2.39. The number of carbonyl (C=O) groups is 4. The molecule has 4 amide bonds. The summed E-state index contributed by atoms with van der Waals surface area (Å²) in [6.45, 7) is 3.18. The molecule has 1 atom stereocenters. The van der Waals surface area contributed by atoms with E-state index in [1.165, 1.54) is 19.2 Å². The van der Waals surface area contributed by atoms with Gasteiger partial charge in [0.05, 0.1) is 18.4 Å². The number of imide groups is 1. The van der Waals surface area contributed by atoms with Gasteiger partial charge in [-0.1, -0.05) is 26.0 Å². The van der Waals surface area contributed by atoms with Gasteiger partial charge in [-0.15, -0.1) is 0 Å². The van der Waals surface area contributed by atoms with Gasteiger partial charge in [-0.05, 0) is 18.1 Å². The summed E-state index contributed by atoms with van der Waals surface area (Å²) in [7, 11) is 1.24. The summed E-state index contributed by atoms with van der Waals surface area (Å²) < 4.78 is 4.65. The van der Waals surface area contributed by atoms with E-state index in [4.69, 9.17) is 0 Å². The summed E-state index contributed by atoms with van der Waals surface area (Å²) in [6.07, 6.45) is 0. The zero-order chi connectivity index (χ0) is 17.9. The highest BCUT2D eigenvalue weighted by Crippen LogP contribution is 2.17. The van der Waals surface area contributed by atoms with Crippen molar-refractivity contribution in [1.82, 2.24) is 10.2 Å². The van der Waals surface area contributed by atoms with Crippen LogP contribution in [0.3, 0.4) is 0 Å². The molecule has 0 spiro atoms. The predicted octanol–water partition coefficient (Wildman–Crippen LogP) is 0.988. The number of hydrogen-bond acceptors (Lipinski definition) is 5. The van der Waals surface area contributed by atoms with Crippen LogP contribution in [-0.4, -0.2) is 48.4 Å². The molecule has 2 rings (SSSR count). The molecule has 1 aliphatic heterocycles. The van der Waals surface area contributed by atoms with Crippen LogP contribution in [0.15, 0.2) is 24.3 Å². The number of hydrogen-bond donors (Lipinski definition) is 2. The summed E-state index contributed by atoms with van der Waals surface area (Å²) in [5, 5.41) is 5.07. The number of amides is 4. The monoisotopic (exact) mass is 333 g/mol. The summed E-state index contributed by atoms with van der Waals surface area (Å²) >= 11 is 0. The molecule has 2 N–H and O–H groups in total. The predicted molar refractivity (Wildman–Crippen MR) is 85.3 cm³/mol. The fraction of sp³-hybridized carbons (Fsp3) is 0.375. The Morgan fingerprint density at radius 3 is 2.54 bits per heavy atom. The van der Waals surface area contributed by atoms with E-state index in [0.29, 0.717) is 0 Å². The van der Waals surface area contributed by atoms with E-state index in [9.17, 15) is 19.2 Å². The molecule has 1 fully saturated rings. The van der Waals surface area contributed by atoms with Crippen LogP contribution >= 0.6 is 0 Å². The molecular formula is C16H19N3O5. The largest absolute Gasteiger partial charge is 0.465 e. The number of esters is 1. The third-order valence-electron chi connectivity index (χ3n) is 3.63. The molecule has 8 heteroatoms. The first-order valence-corrected chi connectivity index (χ1v) is 7.44. The summed E-state index contributed by atoms with van der Waals surface area (Å²) in [5.74, 6) is -1.69. The van der Waals surface area contributed by atoms with E-state index in [2.05, 4.69) is 15.4 Å². The fourth-order valence-electron chi connectivity index (χ4n) is 2.36. The Hall–Kier alpha value is -2.90. The maximum Gasteiger partial charge on any atom is 0.339 e. The van der Waals surface area contributed by atoms with Gasteiger partial charge < -0.3 is 15.4 Å². The molecule has 8 nitrogen and oxygen atoms in total. The van der Waals surface area contributed by atoms with Gasteiger partial charge in [0, 0.05) is 0 Å². The van der Waals surface area contributed by atoms with E-state index in [0.717, 1.165) is 4.90 Å². The molecule has 0 bridgehead atoms. The Morgan fingerprint density at radius 1 is 1.29 bits per heavy atom. The lowest BCUT2D eigenvalue weighted by Gasteiger charge is -2.15. The Morgan fingerprint density at radius 2 is 1.96 bits per heavy atom. The van der Waals surface area contributed by atoms with Crippen molar-refractivity contribution in [3.05, 3.63) is 29.8 Å². The normalized spacial score (nSPS) is 17.0. The summed E-state index contributed by atoms with van der Waals surface area (Å²) in [4.78, 5) is 48.7. The van der Waals surface area contributed by atoms with Crippen LogP contribution in [0.25, 0.3) is 0 Å². The van der Waals surface area contributed by atoms with E-state index in [-0.39, 0.29) is 17.2 Å². The lowest BCUT2D eigenvalue weighted by molar-refractivity contribution is -0.131. The van der Waals surface area contributed by atoms with Gasteiger partial charge in [-0.25, -0.2) is 9.59 Å². The van der Waals surface area contributed by atoms with E-state index in [1.54, 1.807) is 26.0 Å². The van der Waals surface area contributed by atoms with Gasteiger partial charge >= 0.3 is 12.0 Å². The van der Waals surface area contributed by atoms with Crippen LogP contribution in [-0.2, 0) is 14.3 Å². The molecule has 0 radical (unpaired) electrons. The van der Waals surface area contributed by atoms with E-state index in [1.807, 2.05) is 0 Å². The maximum absolute atomic E-state index is 12.2. The van der Waals surface area contributed by atoms with Gasteiger partial charge in [0.1, 0.15) is 12.6 Å². The first kappa shape index (κ1) is 17.5. The second-order valence-corrected chi connectivity index (χ2v) is 5.68. The highest BCUT2D eigenvalue weighted by atomic mass is 16.5. The standard InChI is InChI=1S/C16H19N3O5/c1-9(2)13-14(21)19(16(23)18-13)8-12(20)17-11-7-5-4-6-10(11)15(22)24-3/h4-7,9,13H,8H2,1-3H3,(H,17,20)(H,18,23). The van der Waals surface area contributed by atoms with Gasteiger partial charge in [0.25, 0.3) is 5.91 Å². The molecule has 128 valence electrons. The number of rotatable bonds is 5. The van der Waals surface area contributed by atoms with Crippen LogP contribution in [0.2, 0.25) is 0 Å². The minimum absolute atomic E-state index is 0.0745. The Balaban J connectivity index is 2.08. The van der Waals surface area contributed by atoms with Gasteiger partial charge in [-0.2, -0.15) is 0 Å². The number of benzene rings is 1. The number of urea groups is 1. The SMILES string of the molecule is COC(=O)c1ccccc1NC(=O)CN1C(=O)NC(C(C)C)C1=O. The van der Waals surface area contributed by atoms with Crippen LogP contribution in [0.1, 0.15) is 24.2 Å². The molecule has 24 heavy (non-hydrogen) atoms. The molecule has 1 aromatic carbocycles. The van der Waals surface area contributed by atoms with Crippen LogP contribution in [0.5, 0.6) is 0 Å². The van der Waals surface area contributed by atoms with Crippen molar-refractivity contribution in [2.75, 3.05) is 19.0 Å². The zero-order valence-electron chi connectivity index (χ0n) is 13.7. The third-order valence-corrected chi connectivity index (χ3v) is 3.63. The molecule has 0 aliphatic carbocycles. The van der Waals surface area contributed by atoms with Crippen molar-refractivity contribution in [2.24, 2.45) is 5.92 Å². The smallest absolute Gasteiger partial charge is 0.339 e. The molecule has 1 aromatic rings. The topological polar surface area (TPSA) is 105 Å². The average Bonchev–Trinajstić information content (AvgIpc) is 2.83. The van der Waals surface area contributed by atoms with E-state index >= 15 is 0 Å². The molecule has 1 saturated heterocycles. The number of nitrogens with zero attached hydrogens (tertiary/aromatic N) is 1. The Kier molecular flexibility index (Phi) is 5.18. The number of para-hydroxylation sites is 1. The Bertz CT molecular complexity index is 686. The quantitative estimate of drug-likeness (QED) is 0.617. The van der Waals surface area contributed by atoms with Crippen LogP contribution in [0.4, 0.5) is 10.5 Å². The van der Waals surface area contributed by atoms with Crippen molar-refractivity contribution in [3.8, 4) is 0 Å². The number of carbonyl (C=O) groups excluding carboxylic acids is 4. The molecular weight excluding hydrogens is 314 g/mol. The van der Waals surface area contributed by atoms with Crippen molar-refractivity contribution >= 4 is 29.5 Å². The average molecular weight is 333 g/mol. The van der Waals surface area contributed by atoms with Crippen molar-refractivity contribution in [2.45, 2.75) is 19.9 Å². The first-order chi connectivity index (χ1) is 11.3. The third kappa shape index (κ3) is 3.53. The zero-order valence-corrected chi connectivity index (χ0v) is 13.7. The molecule has 0 saturated carbocycles. The molecule has 1 aliphatic rings. The highest BCUT2D eigenvalue weighted by molar-refractivity contribution is 6.09. The number of anilines is 1.